The maximum absolute atomic E-state index is 11.8. The number of aryl methyl sites for hydroxylation is 1. The molecule has 0 saturated carbocycles. The number of hydrogen-bond acceptors (Lipinski definition) is 2. The normalized spacial score (nSPS) is 12.8. The van der Waals surface area contributed by atoms with Crippen LogP contribution in [-0.4, -0.2) is 18.2 Å². The molecule has 0 bridgehead atoms. The largest absolute Gasteiger partial charge is 0.319 e. The summed E-state index contributed by atoms with van der Waals surface area (Å²) in [6, 6.07) is 1.85. The zero-order valence-corrected chi connectivity index (χ0v) is 11.0. The summed E-state index contributed by atoms with van der Waals surface area (Å²) in [4.78, 5) is 11.8. The highest BCUT2D eigenvalue weighted by Crippen LogP contribution is 2.09. The van der Waals surface area contributed by atoms with Gasteiger partial charge in [0.25, 0.3) is 5.56 Å². The minimum atomic E-state index is 0.0983. The van der Waals surface area contributed by atoms with Gasteiger partial charge >= 0.3 is 0 Å². The first-order valence-corrected chi connectivity index (χ1v) is 5.85. The number of pyridine rings is 1. The first-order valence-electron chi connectivity index (χ1n) is 5.05. The van der Waals surface area contributed by atoms with Gasteiger partial charge in [-0.3, -0.25) is 4.79 Å². The summed E-state index contributed by atoms with van der Waals surface area (Å²) in [5, 5.41) is 3.11. The molecule has 0 aliphatic carbocycles. The lowest BCUT2D eigenvalue weighted by Gasteiger charge is -2.13. The van der Waals surface area contributed by atoms with E-state index in [1.807, 2.05) is 26.2 Å². The third kappa shape index (κ3) is 3.47. The number of nitrogens with one attached hydrogen (secondary N) is 1. The summed E-state index contributed by atoms with van der Waals surface area (Å²) in [5.41, 5.74) is 0.877. The van der Waals surface area contributed by atoms with Crippen LogP contribution in [0.2, 0.25) is 0 Å². The average molecular weight is 273 g/mol. The van der Waals surface area contributed by atoms with Crippen molar-refractivity contribution in [1.82, 2.24) is 9.88 Å². The van der Waals surface area contributed by atoms with E-state index in [0.717, 1.165) is 23.1 Å². The van der Waals surface area contributed by atoms with Gasteiger partial charge in [0.05, 0.1) is 0 Å². The van der Waals surface area contributed by atoms with Gasteiger partial charge < -0.3 is 9.88 Å². The van der Waals surface area contributed by atoms with Gasteiger partial charge in [-0.25, -0.2) is 0 Å². The highest BCUT2D eigenvalue weighted by atomic mass is 79.9. The second-order valence-corrected chi connectivity index (χ2v) is 4.88. The van der Waals surface area contributed by atoms with Crippen molar-refractivity contribution in [2.45, 2.75) is 20.4 Å². The van der Waals surface area contributed by atoms with Gasteiger partial charge in [0.2, 0.25) is 0 Å². The number of rotatable bonds is 4. The summed E-state index contributed by atoms with van der Waals surface area (Å²) in [6.45, 7) is 5.63. The molecular weight excluding hydrogens is 256 g/mol. The number of aromatic nitrogens is 1. The van der Waals surface area contributed by atoms with E-state index in [9.17, 15) is 4.79 Å². The molecule has 84 valence electrons. The van der Waals surface area contributed by atoms with Crippen LogP contribution in [0, 0.1) is 12.8 Å². The van der Waals surface area contributed by atoms with Crippen molar-refractivity contribution in [1.29, 1.82) is 0 Å². The molecule has 3 nitrogen and oxygen atoms in total. The van der Waals surface area contributed by atoms with Crippen LogP contribution in [0.4, 0.5) is 0 Å². The third-order valence-corrected chi connectivity index (χ3v) is 2.73. The molecule has 1 rings (SSSR count). The molecule has 0 radical (unpaired) electrons. The summed E-state index contributed by atoms with van der Waals surface area (Å²) in [6.07, 6.45) is 1.85. The Labute approximate surface area is 98.6 Å². The SMILES string of the molecule is CNCC(C)Cn1cc(Br)cc(C)c1=O. The third-order valence-electron chi connectivity index (χ3n) is 2.29. The Kier molecular flexibility index (Phi) is 4.54. The van der Waals surface area contributed by atoms with Gasteiger partial charge in [-0.15, -0.1) is 0 Å². The van der Waals surface area contributed by atoms with E-state index in [1.54, 1.807) is 4.57 Å². The second kappa shape index (κ2) is 5.47. The smallest absolute Gasteiger partial charge is 0.253 e. The monoisotopic (exact) mass is 272 g/mol. The molecule has 1 aromatic heterocycles. The Balaban J connectivity index is 2.90. The minimum absolute atomic E-state index is 0.0983. The zero-order chi connectivity index (χ0) is 11.4. The van der Waals surface area contributed by atoms with E-state index in [-0.39, 0.29) is 5.56 Å². The molecule has 1 N–H and O–H groups in total. The van der Waals surface area contributed by atoms with Gasteiger partial charge in [-0.1, -0.05) is 6.92 Å². The van der Waals surface area contributed by atoms with Crippen LogP contribution in [0.15, 0.2) is 21.5 Å². The van der Waals surface area contributed by atoms with Crippen molar-refractivity contribution >= 4 is 15.9 Å². The Morgan fingerprint density at radius 3 is 2.87 bits per heavy atom. The fourth-order valence-electron chi connectivity index (χ4n) is 1.62. The average Bonchev–Trinajstić information content (AvgIpc) is 2.13. The molecular formula is C11H17BrN2O. The molecule has 0 amide bonds. The van der Waals surface area contributed by atoms with Gasteiger partial charge in [-0.05, 0) is 48.4 Å². The molecule has 1 atom stereocenters. The van der Waals surface area contributed by atoms with Crippen molar-refractivity contribution in [2.75, 3.05) is 13.6 Å². The van der Waals surface area contributed by atoms with Crippen molar-refractivity contribution < 1.29 is 0 Å². The first kappa shape index (κ1) is 12.5. The lowest BCUT2D eigenvalue weighted by Crippen LogP contribution is -2.28. The maximum Gasteiger partial charge on any atom is 0.253 e. The van der Waals surface area contributed by atoms with E-state index in [1.165, 1.54) is 0 Å². The fraction of sp³-hybridized carbons (Fsp3) is 0.545. The van der Waals surface area contributed by atoms with Crippen LogP contribution in [0.1, 0.15) is 12.5 Å². The lowest BCUT2D eigenvalue weighted by molar-refractivity contribution is 0.453. The molecule has 0 spiro atoms. The Bertz CT molecular complexity index is 387. The van der Waals surface area contributed by atoms with Gasteiger partial charge in [0.15, 0.2) is 0 Å². The molecule has 1 heterocycles. The number of nitrogens with zero attached hydrogens (tertiary/aromatic N) is 1. The number of hydrogen-bond donors (Lipinski definition) is 1. The predicted octanol–water partition coefficient (Wildman–Crippen LogP) is 1.77. The summed E-state index contributed by atoms with van der Waals surface area (Å²) in [7, 11) is 1.92. The molecule has 0 fully saturated rings. The fourth-order valence-corrected chi connectivity index (χ4v) is 2.21. The van der Waals surface area contributed by atoms with Crippen LogP contribution in [0.5, 0.6) is 0 Å². The second-order valence-electron chi connectivity index (χ2n) is 3.96. The van der Waals surface area contributed by atoms with Crippen LogP contribution in [-0.2, 0) is 6.54 Å². The highest BCUT2D eigenvalue weighted by Gasteiger charge is 2.06. The molecule has 0 aliphatic rings. The Morgan fingerprint density at radius 2 is 2.27 bits per heavy atom. The van der Waals surface area contributed by atoms with Crippen molar-refractivity contribution in [3.8, 4) is 0 Å². The van der Waals surface area contributed by atoms with Crippen LogP contribution >= 0.6 is 15.9 Å². The molecule has 0 saturated heterocycles. The van der Waals surface area contributed by atoms with Crippen LogP contribution in [0.25, 0.3) is 0 Å². The molecule has 15 heavy (non-hydrogen) atoms. The molecule has 0 aliphatic heterocycles. The Morgan fingerprint density at radius 1 is 1.60 bits per heavy atom. The van der Waals surface area contributed by atoms with Gasteiger partial charge in [0, 0.05) is 22.8 Å². The quantitative estimate of drug-likeness (QED) is 0.907. The molecule has 0 aromatic carbocycles. The summed E-state index contributed by atoms with van der Waals surface area (Å²) < 4.78 is 2.72. The van der Waals surface area contributed by atoms with Crippen LogP contribution < -0.4 is 10.9 Å². The summed E-state index contributed by atoms with van der Waals surface area (Å²) >= 11 is 3.40. The van der Waals surface area contributed by atoms with E-state index in [2.05, 4.69) is 28.2 Å². The van der Waals surface area contributed by atoms with E-state index < -0.39 is 0 Å². The van der Waals surface area contributed by atoms with E-state index in [0.29, 0.717) is 5.92 Å². The maximum atomic E-state index is 11.8. The topological polar surface area (TPSA) is 34.0 Å². The van der Waals surface area contributed by atoms with Crippen molar-refractivity contribution in [2.24, 2.45) is 5.92 Å². The van der Waals surface area contributed by atoms with Gasteiger partial charge in [-0.2, -0.15) is 0 Å². The number of halogens is 1. The molecule has 1 aromatic rings. The van der Waals surface area contributed by atoms with E-state index >= 15 is 0 Å². The van der Waals surface area contributed by atoms with E-state index in [4.69, 9.17) is 0 Å². The molecule has 4 heteroatoms. The Hall–Kier alpha value is -0.610. The van der Waals surface area contributed by atoms with Crippen molar-refractivity contribution in [3.63, 3.8) is 0 Å². The van der Waals surface area contributed by atoms with Crippen molar-refractivity contribution in [3.05, 3.63) is 32.7 Å². The highest BCUT2D eigenvalue weighted by molar-refractivity contribution is 9.10. The van der Waals surface area contributed by atoms with Crippen LogP contribution in [0.3, 0.4) is 0 Å². The first-order chi connectivity index (χ1) is 7.04. The molecule has 1 unspecified atom stereocenters. The zero-order valence-electron chi connectivity index (χ0n) is 9.38. The summed E-state index contributed by atoms with van der Waals surface area (Å²) in [5.74, 6) is 0.446. The van der Waals surface area contributed by atoms with Gasteiger partial charge in [0.1, 0.15) is 0 Å². The lowest BCUT2D eigenvalue weighted by atomic mass is 10.2. The predicted molar refractivity (Wildman–Crippen MR) is 66.2 cm³/mol. The standard InChI is InChI=1S/C11H17BrN2O/c1-8(5-13-3)6-14-7-10(12)4-9(2)11(14)15/h4,7-8,13H,5-6H2,1-3H3. The minimum Gasteiger partial charge on any atom is -0.319 e.